The van der Waals surface area contributed by atoms with Crippen LogP contribution in [0.5, 0.6) is 0 Å². The SMILES string of the molecule is C[C@@H](OC(=O)c1cccc(S(=O)(=O)N(C)C)c1)C(=O)NC1CCCCC1. The van der Waals surface area contributed by atoms with Crippen LogP contribution in [-0.4, -0.2) is 50.8 Å². The van der Waals surface area contributed by atoms with Crippen molar-refractivity contribution in [2.24, 2.45) is 0 Å². The Morgan fingerprint density at radius 3 is 2.46 bits per heavy atom. The van der Waals surface area contributed by atoms with Gasteiger partial charge in [0, 0.05) is 20.1 Å². The monoisotopic (exact) mass is 382 g/mol. The number of carbonyl (C=O) groups excluding carboxylic acids is 2. The molecule has 144 valence electrons. The molecule has 0 unspecified atom stereocenters. The highest BCUT2D eigenvalue weighted by Gasteiger charge is 2.24. The molecule has 1 saturated carbocycles. The van der Waals surface area contributed by atoms with E-state index in [1.54, 1.807) is 0 Å². The maximum Gasteiger partial charge on any atom is 0.338 e. The van der Waals surface area contributed by atoms with Crippen LogP contribution in [0.2, 0.25) is 0 Å². The fourth-order valence-electron chi connectivity index (χ4n) is 2.84. The first-order chi connectivity index (χ1) is 12.2. The highest BCUT2D eigenvalue weighted by molar-refractivity contribution is 7.89. The van der Waals surface area contributed by atoms with Crippen molar-refractivity contribution in [1.29, 1.82) is 0 Å². The Bertz CT molecular complexity index is 755. The van der Waals surface area contributed by atoms with Crippen molar-refractivity contribution in [2.45, 2.75) is 56.1 Å². The highest BCUT2D eigenvalue weighted by atomic mass is 32.2. The molecule has 1 N–H and O–H groups in total. The molecule has 0 spiro atoms. The third-order valence-corrected chi connectivity index (χ3v) is 6.26. The lowest BCUT2D eigenvalue weighted by atomic mass is 9.95. The minimum absolute atomic E-state index is 0.00346. The minimum Gasteiger partial charge on any atom is -0.449 e. The van der Waals surface area contributed by atoms with E-state index < -0.39 is 22.1 Å². The van der Waals surface area contributed by atoms with Gasteiger partial charge in [-0.2, -0.15) is 0 Å². The number of nitrogens with zero attached hydrogens (tertiary/aromatic N) is 1. The maximum absolute atomic E-state index is 12.3. The third kappa shape index (κ3) is 5.04. The van der Waals surface area contributed by atoms with Gasteiger partial charge in [0.15, 0.2) is 6.10 Å². The number of esters is 1. The van der Waals surface area contributed by atoms with E-state index in [2.05, 4.69) is 5.32 Å². The van der Waals surface area contributed by atoms with E-state index >= 15 is 0 Å². The predicted molar refractivity (Wildman–Crippen MR) is 97.2 cm³/mol. The van der Waals surface area contributed by atoms with Crippen LogP contribution in [0.3, 0.4) is 0 Å². The van der Waals surface area contributed by atoms with Gasteiger partial charge in [0.2, 0.25) is 10.0 Å². The summed E-state index contributed by atoms with van der Waals surface area (Å²) in [6.45, 7) is 1.51. The lowest BCUT2D eigenvalue weighted by Gasteiger charge is -2.24. The van der Waals surface area contributed by atoms with Crippen LogP contribution in [-0.2, 0) is 19.6 Å². The van der Waals surface area contributed by atoms with Crippen LogP contribution in [0.4, 0.5) is 0 Å². The van der Waals surface area contributed by atoms with Crippen molar-refractivity contribution in [2.75, 3.05) is 14.1 Å². The van der Waals surface area contributed by atoms with Gasteiger partial charge in [0.1, 0.15) is 0 Å². The number of hydrogen-bond acceptors (Lipinski definition) is 5. The molecule has 0 saturated heterocycles. The van der Waals surface area contributed by atoms with Crippen molar-refractivity contribution in [3.63, 3.8) is 0 Å². The van der Waals surface area contributed by atoms with Crippen LogP contribution in [0.15, 0.2) is 29.2 Å². The molecule has 7 nitrogen and oxygen atoms in total. The molecule has 2 rings (SSSR count). The first kappa shape index (κ1) is 20.4. The molecule has 0 heterocycles. The molecule has 0 aromatic heterocycles. The number of benzene rings is 1. The van der Waals surface area contributed by atoms with Gasteiger partial charge in [0.25, 0.3) is 5.91 Å². The molecule has 1 fully saturated rings. The van der Waals surface area contributed by atoms with Gasteiger partial charge in [-0.1, -0.05) is 25.3 Å². The number of hydrogen-bond donors (Lipinski definition) is 1. The molecule has 0 radical (unpaired) electrons. The molecule has 1 amide bonds. The summed E-state index contributed by atoms with van der Waals surface area (Å²) in [4.78, 5) is 24.5. The molecule has 1 aromatic rings. The summed E-state index contributed by atoms with van der Waals surface area (Å²) in [5, 5.41) is 2.91. The summed E-state index contributed by atoms with van der Waals surface area (Å²) in [5.41, 5.74) is 0.0882. The van der Waals surface area contributed by atoms with Crippen molar-refractivity contribution >= 4 is 21.9 Å². The number of carbonyl (C=O) groups is 2. The topological polar surface area (TPSA) is 92.8 Å². The van der Waals surface area contributed by atoms with Crippen molar-refractivity contribution in [3.05, 3.63) is 29.8 Å². The quantitative estimate of drug-likeness (QED) is 0.759. The zero-order valence-electron chi connectivity index (χ0n) is 15.4. The van der Waals surface area contributed by atoms with E-state index in [1.807, 2.05) is 0 Å². The average Bonchev–Trinajstić information content (AvgIpc) is 2.62. The van der Waals surface area contributed by atoms with Crippen molar-refractivity contribution in [3.8, 4) is 0 Å². The smallest absolute Gasteiger partial charge is 0.338 e. The summed E-state index contributed by atoms with van der Waals surface area (Å²) in [5.74, 6) is -1.06. The Kier molecular flexibility index (Phi) is 6.77. The summed E-state index contributed by atoms with van der Waals surface area (Å²) in [6, 6.07) is 5.73. The summed E-state index contributed by atoms with van der Waals surface area (Å²) >= 11 is 0. The molecule has 8 heteroatoms. The second-order valence-electron chi connectivity index (χ2n) is 6.71. The zero-order chi connectivity index (χ0) is 19.3. The number of ether oxygens (including phenoxy) is 1. The van der Waals surface area contributed by atoms with E-state index in [0.29, 0.717) is 0 Å². The summed E-state index contributed by atoms with van der Waals surface area (Å²) in [7, 11) is -0.821. The Morgan fingerprint density at radius 1 is 1.19 bits per heavy atom. The Hall–Kier alpha value is -1.93. The van der Waals surface area contributed by atoms with Crippen LogP contribution in [0.25, 0.3) is 0 Å². The lowest BCUT2D eigenvalue weighted by Crippen LogP contribution is -2.42. The first-order valence-electron chi connectivity index (χ1n) is 8.76. The fourth-order valence-corrected chi connectivity index (χ4v) is 3.79. The molecule has 1 aliphatic carbocycles. The largest absolute Gasteiger partial charge is 0.449 e. The van der Waals surface area contributed by atoms with Gasteiger partial charge in [-0.05, 0) is 38.0 Å². The second-order valence-corrected chi connectivity index (χ2v) is 8.86. The van der Waals surface area contributed by atoms with Crippen LogP contribution in [0, 0.1) is 0 Å². The van der Waals surface area contributed by atoms with Crippen molar-refractivity contribution in [1.82, 2.24) is 9.62 Å². The fraction of sp³-hybridized carbons (Fsp3) is 0.556. The number of amides is 1. The average molecular weight is 382 g/mol. The molecular weight excluding hydrogens is 356 g/mol. The van der Waals surface area contributed by atoms with E-state index in [1.165, 1.54) is 51.7 Å². The number of nitrogens with one attached hydrogen (secondary N) is 1. The standard InChI is InChI=1S/C18H26N2O5S/c1-13(17(21)19-15-9-5-4-6-10-15)25-18(22)14-8-7-11-16(12-14)26(23,24)20(2)3/h7-8,11-13,15H,4-6,9-10H2,1-3H3,(H,19,21)/t13-/m1/s1. The molecule has 1 aliphatic rings. The molecule has 0 bridgehead atoms. The van der Waals surface area contributed by atoms with E-state index in [-0.39, 0.29) is 22.4 Å². The maximum atomic E-state index is 12.3. The number of sulfonamides is 1. The van der Waals surface area contributed by atoms with Gasteiger partial charge in [-0.25, -0.2) is 17.5 Å². The summed E-state index contributed by atoms with van der Waals surface area (Å²) < 4.78 is 30.6. The van der Waals surface area contributed by atoms with Gasteiger partial charge in [-0.15, -0.1) is 0 Å². The Balaban J connectivity index is 2.01. The van der Waals surface area contributed by atoms with E-state index in [9.17, 15) is 18.0 Å². The minimum atomic E-state index is -3.65. The van der Waals surface area contributed by atoms with E-state index in [4.69, 9.17) is 4.74 Å². The van der Waals surface area contributed by atoms with Gasteiger partial charge >= 0.3 is 5.97 Å². The van der Waals surface area contributed by atoms with Gasteiger partial charge < -0.3 is 10.1 Å². The van der Waals surface area contributed by atoms with Gasteiger partial charge in [-0.3, -0.25) is 4.79 Å². The van der Waals surface area contributed by atoms with Crippen LogP contribution < -0.4 is 5.32 Å². The number of rotatable bonds is 6. The molecule has 1 atom stereocenters. The molecule has 1 aromatic carbocycles. The second kappa shape index (κ2) is 8.64. The van der Waals surface area contributed by atoms with E-state index in [0.717, 1.165) is 30.0 Å². The predicted octanol–water partition coefficient (Wildman–Crippen LogP) is 1.93. The molecular formula is C18H26N2O5S. The highest BCUT2D eigenvalue weighted by Crippen LogP contribution is 2.18. The normalized spacial score (nSPS) is 16.9. The first-order valence-corrected chi connectivity index (χ1v) is 10.2. The lowest BCUT2D eigenvalue weighted by molar-refractivity contribution is -0.130. The Labute approximate surface area is 154 Å². The van der Waals surface area contributed by atoms with Gasteiger partial charge in [0.05, 0.1) is 10.5 Å². The zero-order valence-corrected chi connectivity index (χ0v) is 16.2. The third-order valence-electron chi connectivity index (χ3n) is 4.45. The summed E-state index contributed by atoms with van der Waals surface area (Å²) in [6.07, 6.45) is 4.30. The Morgan fingerprint density at radius 2 is 1.85 bits per heavy atom. The molecule has 0 aliphatic heterocycles. The van der Waals surface area contributed by atoms with Crippen molar-refractivity contribution < 1.29 is 22.7 Å². The van der Waals surface area contributed by atoms with Crippen LogP contribution in [0.1, 0.15) is 49.4 Å². The molecule has 26 heavy (non-hydrogen) atoms. The van der Waals surface area contributed by atoms with Crippen LogP contribution >= 0.6 is 0 Å².